The van der Waals surface area contributed by atoms with Crippen LogP contribution in [0.5, 0.6) is 5.75 Å². The Hall–Kier alpha value is -1.51. The lowest BCUT2D eigenvalue weighted by molar-refractivity contribution is -0.268. The molecular weight excluding hydrogens is 156 g/mol. The van der Waals surface area contributed by atoms with Crippen molar-refractivity contribution in [3.63, 3.8) is 0 Å². The number of carbonyl (C=O) groups is 1. The van der Waals surface area contributed by atoms with Gasteiger partial charge in [-0.2, -0.15) is 0 Å². The highest BCUT2D eigenvalue weighted by Crippen LogP contribution is 2.10. The van der Waals surface area contributed by atoms with E-state index < -0.39 is 11.7 Å². The largest absolute Gasteiger partial charge is 0.872 e. The molecule has 0 bridgehead atoms. The monoisotopic (exact) mass is 167 g/mol. The van der Waals surface area contributed by atoms with Crippen LogP contribution in [0.2, 0.25) is 0 Å². The SMILES string of the molecule is CC.O=C(O)c1ccccc1[O-]. The summed E-state index contributed by atoms with van der Waals surface area (Å²) in [5, 5.41) is 19.0. The smallest absolute Gasteiger partial charge is 0.335 e. The van der Waals surface area contributed by atoms with E-state index in [1.165, 1.54) is 24.3 Å². The first-order valence-electron chi connectivity index (χ1n) is 3.71. The summed E-state index contributed by atoms with van der Waals surface area (Å²) in [6, 6.07) is 5.54. The van der Waals surface area contributed by atoms with Crippen molar-refractivity contribution in [1.29, 1.82) is 0 Å². The van der Waals surface area contributed by atoms with Crippen LogP contribution in [0.25, 0.3) is 0 Å². The third-order valence-corrected chi connectivity index (χ3v) is 1.12. The van der Waals surface area contributed by atoms with E-state index in [9.17, 15) is 9.90 Å². The minimum Gasteiger partial charge on any atom is -0.872 e. The van der Waals surface area contributed by atoms with Crippen LogP contribution in [0.3, 0.4) is 0 Å². The molecule has 0 spiro atoms. The van der Waals surface area contributed by atoms with E-state index in [0.717, 1.165) is 0 Å². The van der Waals surface area contributed by atoms with Gasteiger partial charge in [-0.1, -0.05) is 37.8 Å². The van der Waals surface area contributed by atoms with E-state index in [1.807, 2.05) is 13.8 Å². The van der Waals surface area contributed by atoms with E-state index >= 15 is 0 Å². The number of para-hydroxylation sites is 1. The van der Waals surface area contributed by atoms with E-state index in [1.54, 1.807) is 0 Å². The Morgan fingerprint density at radius 1 is 1.33 bits per heavy atom. The van der Waals surface area contributed by atoms with Crippen molar-refractivity contribution in [2.45, 2.75) is 13.8 Å². The molecule has 3 nitrogen and oxygen atoms in total. The summed E-state index contributed by atoms with van der Waals surface area (Å²) in [6.45, 7) is 4.00. The van der Waals surface area contributed by atoms with E-state index in [2.05, 4.69) is 0 Å². The molecule has 1 aromatic rings. The number of carboxylic acid groups (broad SMARTS) is 1. The molecule has 0 aliphatic heterocycles. The van der Waals surface area contributed by atoms with Crippen LogP contribution < -0.4 is 5.11 Å². The third-order valence-electron chi connectivity index (χ3n) is 1.12. The van der Waals surface area contributed by atoms with Gasteiger partial charge < -0.3 is 10.2 Å². The van der Waals surface area contributed by atoms with Gasteiger partial charge in [-0.05, 0) is 6.07 Å². The second kappa shape index (κ2) is 5.18. The highest BCUT2D eigenvalue weighted by atomic mass is 16.4. The fourth-order valence-corrected chi connectivity index (χ4v) is 0.643. The average Bonchev–Trinajstić information content (AvgIpc) is 2.08. The average molecular weight is 167 g/mol. The molecule has 1 rings (SSSR count). The molecule has 0 radical (unpaired) electrons. The predicted octanol–water partition coefficient (Wildman–Crippen LogP) is 1.48. The lowest BCUT2D eigenvalue weighted by Gasteiger charge is -2.07. The van der Waals surface area contributed by atoms with Gasteiger partial charge >= 0.3 is 5.97 Å². The molecule has 3 heteroatoms. The Bertz CT molecular complexity index is 256. The van der Waals surface area contributed by atoms with Crippen LogP contribution in [0.4, 0.5) is 0 Å². The molecule has 0 saturated carbocycles. The van der Waals surface area contributed by atoms with Gasteiger partial charge in [-0.3, -0.25) is 0 Å². The fourth-order valence-electron chi connectivity index (χ4n) is 0.643. The number of hydrogen-bond acceptors (Lipinski definition) is 2. The van der Waals surface area contributed by atoms with Crippen LogP contribution in [-0.4, -0.2) is 11.1 Å². The van der Waals surface area contributed by atoms with Gasteiger partial charge in [0.15, 0.2) is 0 Å². The molecule has 0 aliphatic carbocycles. The van der Waals surface area contributed by atoms with Gasteiger partial charge in [-0.15, -0.1) is 0 Å². The Morgan fingerprint density at radius 3 is 2.17 bits per heavy atom. The molecule has 0 amide bonds. The maximum absolute atomic E-state index is 10.7. The number of rotatable bonds is 1. The maximum Gasteiger partial charge on any atom is 0.335 e. The van der Waals surface area contributed by atoms with Crippen LogP contribution in [0.15, 0.2) is 24.3 Å². The lowest BCUT2D eigenvalue weighted by Crippen LogP contribution is -2.02. The number of hydrogen-bond donors (Lipinski definition) is 1. The molecule has 0 aromatic heterocycles. The molecule has 0 atom stereocenters. The summed E-state index contributed by atoms with van der Waals surface area (Å²) in [4.78, 5) is 10.2. The Kier molecular flexibility index (Phi) is 4.53. The summed E-state index contributed by atoms with van der Waals surface area (Å²) in [6.07, 6.45) is 0. The first kappa shape index (κ1) is 10.5. The Labute approximate surface area is 71.3 Å². The van der Waals surface area contributed by atoms with Gasteiger partial charge in [0.2, 0.25) is 0 Å². The van der Waals surface area contributed by atoms with E-state index in [4.69, 9.17) is 5.11 Å². The van der Waals surface area contributed by atoms with Gasteiger partial charge in [0.1, 0.15) is 0 Å². The summed E-state index contributed by atoms with van der Waals surface area (Å²) in [5.41, 5.74) is -0.178. The maximum atomic E-state index is 10.7. The second-order valence-electron chi connectivity index (χ2n) is 1.80. The summed E-state index contributed by atoms with van der Waals surface area (Å²) in [5.74, 6) is -1.62. The zero-order valence-corrected chi connectivity index (χ0v) is 7.07. The highest BCUT2D eigenvalue weighted by molar-refractivity contribution is 5.90. The van der Waals surface area contributed by atoms with Gasteiger partial charge in [0, 0.05) is 0 Å². The topological polar surface area (TPSA) is 60.4 Å². The van der Waals surface area contributed by atoms with E-state index in [0.29, 0.717) is 0 Å². The van der Waals surface area contributed by atoms with Crippen LogP contribution in [0, 0.1) is 0 Å². The van der Waals surface area contributed by atoms with Crippen molar-refractivity contribution < 1.29 is 15.0 Å². The number of aromatic carboxylic acids is 1. The van der Waals surface area contributed by atoms with Crippen molar-refractivity contribution >= 4 is 5.97 Å². The molecule has 1 aromatic carbocycles. The molecule has 1 N–H and O–H groups in total. The van der Waals surface area contributed by atoms with Crippen molar-refractivity contribution in [2.75, 3.05) is 0 Å². The van der Waals surface area contributed by atoms with Crippen LogP contribution in [0.1, 0.15) is 24.2 Å². The molecule has 0 saturated heterocycles. The molecule has 12 heavy (non-hydrogen) atoms. The second-order valence-corrected chi connectivity index (χ2v) is 1.80. The van der Waals surface area contributed by atoms with Crippen molar-refractivity contribution in [1.82, 2.24) is 0 Å². The minimum absolute atomic E-state index is 0.178. The third kappa shape index (κ3) is 2.62. The Morgan fingerprint density at radius 2 is 1.83 bits per heavy atom. The van der Waals surface area contributed by atoms with E-state index in [-0.39, 0.29) is 5.56 Å². The van der Waals surface area contributed by atoms with Gasteiger partial charge in [0.05, 0.1) is 5.56 Å². The molecule has 0 aliphatic rings. The first-order chi connectivity index (χ1) is 5.72. The lowest BCUT2D eigenvalue weighted by atomic mass is 10.2. The highest BCUT2D eigenvalue weighted by Gasteiger charge is 1.99. The quantitative estimate of drug-likeness (QED) is 0.689. The summed E-state index contributed by atoms with van der Waals surface area (Å²) >= 11 is 0. The zero-order chi connectivity index (χ0) is 9.56. The van der Waals surface area contributed by atoms with Crippen molar-refractivity contribution in [3.05, 3.63) is 29.8 Å². The standard InChI is InChI=1S/C7H6O3.C2H6/c8-6-4-2-1-3-5(6)7(9)10;1-2/h1-4,8H,(H,9,10);1-2H3/p-1. The van der Waals surface area contributed by atoms with Crippen molar-refractivity contribution in [2.24, 2.45) is 0 Å². The van der Waals surface area contributed by atoms with Gasteiger partial charge in [0.25, 0.3) is 0 Å². The predicted molar refractivity (Wildman–Crippen MR) is 44.2 cm³/mol. The Balaban J connectivity index is 0.000000561. The molecule has 0 unspecified atom stereocenters. The fraction of sp³-hybridized carbons (Fsp3) is 0.222. The van der Waals surface area contributed by atoms with Crippen LogP contribution in [-0.2, 0) is 0 Å². The summed E-state index contributed by atoms with van der Waals surface area (Å²) < 4.78 is 0. The van der Waals surface area contributed by atoms with Gasteiger partial charge in [-0.25, -0.2) is 4.79 Å². The normalized spacial score (nSPS) is 8.17. The van der Waals surface area contributed by atoms with Crippen molar-refractivity contribution in [3.8, 4) is 5.75 Å². The molecule has 0 fully saturated rings. The number of carboxylic acids is 1. The molecular formula is C9H11O3-. The summed E-state index contributed by atoms with van der Waals surface area (Å²) in [7, 11) is 0. The molecule has 0 heterocycles. The zero-order valence-electron chi connectivity index (χ0n) is 7.07. The van der Waals surface area contributed by atoms with Crippen LogP contribution >= 0.6 is 0 Å². The minimum atomic E-state index is -1.18. The molecule has 66 valence electrons. The number of benzene rings is 1. The first-order valence-corrected chi connectivity index (χ1v) is 3.71.